The molecule has 2 aliphatic rings. The molecule has 0 aliphatic carbocycles. The Morgan fingerprint density at radius 1 is 0.955 bits per heavy atom. The van der Waals surface area contributed by atoms with Crippen LogP contribution in [0.2, 0.25) is 0 Å². The number of rotatable bonds is 1. The number of aromatic nitrogens is 3. The first-order valence-electron chi connectivity index (χ1n) is 7.13. The van der Waals surface area contributed by atoms with Gasteiger partial charge in [-0.1, -0.05) is 42.1 Å². The molecular weight excluding hydrogens is 317 g/mol. The van der Waals surface area contributed by atoms with Gasteiger partial charge in [-0.3, -0.25) is 0 Å². The highest BCUT2D eigenvalue weighted by Gasteiger charge is 2.56. The Kier molecular flexibility index (Phi) is 2.67. The molecule has 2 unspecified atom stereocenters. The van der Waals surface area contributed by atoms with Crippen LogP contribution in [0.3, 0.4) is 0 Å². The first-order chi connectivity index (χ1) is 10.4. The molecule has 3 heterocycles. The molecule has 1 aromatic carbocycles. The van der Waals surface area contributed by atoms with E-state index in [0.717, 1.165) is 16.5 Å². The van der Waals surface area contributed by atoms with E-state index in [-0.39, 0.29) is 22.9 Å². The predicted molar refractivity (Wildman–Crippen MR) is 90.7 cm³/mol. The molecule has 0 amide bonds. The van der Waals surface area contributed by atoms with Crippen molar-refractivity contribution in [1.82, 2.24) is 13.9 Å². The molecule has 114 valence electrons. The van der Waals surface area contributed by atoms with Crippen LogP contribution in [0.15, 0.2) is 51.1 Å². The van der Waals surface area contributed by atoms with Crippen LogP contribution in [0.1, 0.15) is 25.4 Å². The second-order valence-electron chi connectivity index (χ2n) is 5.97. The fraction of sp³-hybridized carbons (Fsp3) is 0.333. The van der Waals surface area contributed by atoms with Crippen LogP contribution in [0.5, 0.6) is 0 Å². The monoisotopic (exact) mass is 333 g/mol. The Morgan fingerprint density at radius 2 is 1.41 bits per heavy atom. The van der Waals surface area contributed by atoms with Crippen LogP contribution in [0.4, 0.5) is 0 Å². The van der Waals surface area contributed by atoms with Gasteiger partial charge in [0.15, 0.2) is 0 Å². The standard InChI is InChI=1S/C15H16N3O2PS/c1-9-10(2)13-18-15(20)16(3)14(19)17(18)12(9)21(13,22)11-7-5-4-6-8-11/h4-8,12-13H,1-3H3. The van der Waals surface area contributed by atoms with Gasteiger partial charge in [0.1, 0.15) is 11.6 Å². The van der Waals surface area contributed by atoms with Gasteiger partial charge in [-0.15, -0.1) is 0 Å². The Balaban J connectivity index is 2.10. The summed E-state index contributed by atoms with van der Waals surface area (Å²) in [6.07, 6.45) is 0. The third-order valence-corrected chi connectivity index (χ3v) is 10.5. The van der Waals surface area contributed by atoms with Gasteiger partial charge in [0.05, 0.1) is 0 Å². The Hall–Kier alpha value is -1.65. The third kappa shape index (κ3) is 1.33. The van der Waals surface area contributed by atoms with Crippen LogP contribution in [-0.4, -0.2) is 13.9 Å². The zero-order valence-electron chi connectivity index (χ0n) is 12.6. The van der Waals surface area contributed by atoms with Crippen LogP contribution >= 0.6 is 6.04 Å². The summed E-state index contributed by atoms with van der Waals surface area (Å²) in [6.45, 7) is 4.08. The van der Waals surface area contributed by atoms with Crippen LogP contribution in [-0.2, 0) is 18.9 Å². The van der Waals surface area contributed by atoms with E-state index in [9.17, 15) is 9.59 Å². The highest BCUT2D eigenvalue weighted by atomic mass is 32.4. The molecule has 0 spiro atoms. The summed E-state index contributed by atoms with van der Waals surface area (Å²) in [5.74, 6) is -0.340. The van der Waals surface area contributed by atoms with Crippen molar-refractivity contribution in [3.8, 4) is 0 Å². The number of fused-ring (bicyclic) bond motifs is 5. The molecule has 2 bridgehead atoms. The lowest BCUT2D eigenvalue weighted by Crippen LogP contribution is -2.28. The van der Waals surface area contributed by atoms with E-state index in [1.165, 1.54) is 11.6 Å². The van der Waals surface area contributed by atoms with E-state index in [2.05, 4.69) is 0 Å². The molecule has 4 rings (SSSR count). The van der Waals surface area contributed by atoms with E-state index in [1.54, 1.807) is 9.36 Å². The molecule has 0 radical (unpaired) electrons. The lowest BCUT2D eigenvalue weighted by atomic mass is 10.1. The molecule has 2 aliphatic heterocycles. The van der Waals surface area contributed by atoms with E-state index < -0.39 is 6.04 Å². The lowest BCUT2D eigenvalue weighted by Gasteiger charge is -2.22. The van der Waals surface area contributed by atoms with Crippen molar-refractivity contribution in [1.29, 1.82) is 0 Å². The molecule has 2 aromatic rings. The van der Waals surface area contributed by atoms with E-state index in [1.807, 2.05) is 44.2 Å². The molecule has 22 heavy (non-hydrogen) atoms. The summed E-state index contributed by atoms with van der Waals surface area (Å²) >= 11 is 6.16. The van der Waals surface area contributed by atoms with Crippen molar-refractivity contribution < 1.29 is 0 Å². The maximum absolute atomic E-state index is 12.5. The first kappa shape index (κ1) is 14.0. The topological polar surface area (TPSA) is 48.9 Å². The fourth-order valence-corrected chi connectivity index (χ4v) is 9.72. The highest BCUT2D eigenvalue weighted by molar-refractivity contribution is 8.18. The molecule has 2 atom stereocenters. The van der Waals surface area contributed by atoms with Crippen molar-refractivity contribution in [2.75, 3.05) is 0 Å². The Labute approximate surface area is 132 Å². The summed E-state index contributed by atoms with van der Waals surface area (Å²) in [6, 6.07) is 7.84. The minimum atomic E-state index is -2.14. The minimum Gasteiger partial charge on any atom is -0.246 e. The second kappa shape index (κ2) is 4.21. The molecule has 5 nitrogen and oxygen atoms in total. The van der Waals surface area contributed by atoms with Gasteiger partial charge in [-0.05, 0) is 30.3 Å². The summed E-state index contributed by atoms with van der Waals surface area (Å²) in [5.41, 5.74) is 1.75. The van der Waals surface area contributed by atoms with Gasteiger partial charge in [-0.25, -0.2) is 23.5 Å². The average molecular weight is 333 g/mol. The summed E-state index contributed by atoms with van der Waals surface area (Å²) in [5, 5.41) is 1.09. The van der Waals surface area contributed by atoms with Crippen molar-refractivity contribution in [2.24, 2.45) is 7.05 Å². The van der Waals surface area contributed by atoms with Crippen LogP contribution in [0.25, 0.3) is 0 Å². The normalized spacial score (nSPS) is 29.2. The zero-order chi connectivity index (χ0) is 15.8. The summed E-state index contributed by atoms with van der Waals surface area (Å²) in [4.78, 5) is 25.0. The number of benzene rings is 1. The predicted octanol–water partition coefficient (Wildman–Crippen LogP) is 1.51. The van der Waals surface area contributed by atoms with Crippen molar-refractivity contribution >= 4 is 23.1 Å². The molecule has 7 heteroatoms. The van der Waals surface area contributed by atoms with E-state index in [4.69, 9.17) is 11.8 Å². The fourth-order valence-electron chi connectivity index (χ4n) is 3.77. The number of allylic oxidation sites excluding steroid dienone is 2. The first-order valence-corrected chi connectivity index (χ1v) is 10.1. The molecule has 0 saturated carbocycles. The maximum atomic E-state index is 12.5. The quantitative estimate of drug-likeness (QED) is 0.587. The summed E-state index contributed by atoms with van der Waals surface area (Å²) in [7, 11) is 1.53. The largest absolute Gasteiger partial charge is 0.347 e. The van der Waals surface area contributed by atoms with Gasteiger partial charge in [0.2, 0.25) is 0 Å². The van der Waals surface area contributed by atoms with Gasteiger partial charge in [0.25, 0.3) is 0 Å². The van der Waals surface area contributed by atoms with E-state index in [0.29, 0.717) is 0 Å². The van der Waals surface area contributed by atoms with Gasteiger partial charge < -0.3 is 0 Å². The molecule has 0 fully saturated rings. The lowest BCUT2D eigenvalue weighted by molar-refractivity contribution is 0.477. The SMILES string of the molecule is CC1=C(C)C2n3c(=O)n(C)c(=O)n3C1P2(=S)c1ccccc1. The van der Waals surface area contributed by atoms with Crippen molar-refractivity contribution in [3.05, 3.63) is 62.4 Å². The molecule has 0 saturated heterocycles. The van der Waals surface area contributed by atoms with Crippen LogP contribution in [0, 0.1) is 0 Å². The smallest absolute Gasteiger partial charge is 0.246 e. The minimum absolute atomic E-state index is 0.170. The van der Waals surface area contributed by atoms with Crippen molar-refractivity contribution in [2.45, 2.75) is 25.4 Å². The molecular formula is C15H16N3O2PS. The third-order valence-electron chi connectivity index (χ3n) is 4.94. The van der Waals surface area contributed by atoms with Gasteiger partial charge >= 0.3 is 11.4 Å². The summed E-state index contributed by atoms with van der Waals surface area (Å²) < 4.78 is 4.38. The van der Waals surface area contributed by atoms with E-state index >= 15 is 0 Å². The van der Waals surface area contributed by atoms with Crippen LogP contribution < -0.4 is 16.7 Å². The molecule has 1 aromatic heterocycles. The van der Waals surface area contributed by atoms with Gasteiger partial charge in [0, 0.05) is 13.1 Å². The number of hydrogen-bond donors (Lipinski definition) is 0. The zero-order valence-corrected chi connectivity index (χ0v) is 14.3. The van der Waals surface area contributed by atoms with Gasteiger partial charge in [-0.2, -0.15) is 0 Å². The van der Waals surface area contributed by atoms with Crippen molar-refractivity contribution in [3.63, 3.8) is 0 Å². The Bertz CT molecular complexity index is 941. The number of nitrogens with zero attached hydrogens (tertiary/aromatic N) is 3. The second-order valence-corrected chi connectivity index (χ2v) is 10.7. The highest BCUT2D eigenvalue weighted by Crippen LogP contribution is 2.76. The maximum Gasteiger partial charge on any atom is 0.347 e. The number of hydrogen-bond acceptors (Lipinski definition) is 3. The Morgan fingerprint density at radius 3 is 1.86 bits per heavy atom. The average Bonchev–Trinajstić information content (AvgIpc) is 3.00. The molecule has 0 N–H and O–H groups in total.